The summed E-state index contributed by atoms with van der Waals surface area (Å²) in [6.07, 6.45) is 9.67. The number of urea groups is 1. The number of imide groups is 1. The lowest BCUT2D eigenvalue weighted by Crippen LogP contribution is -2.39. The Morgan fingerprint density at radius 2 is 1.70 bits per heavy atom. The molecular weight excluding hydrogens is 346 g/mol. The molecule has 0 aromatic rings. The van der Waals surface area contributed by atoms with Crippen LogP contribution in [-0.4, -0.2) is 58.6 Å². The van der Waals surface area contributed by atoms with E-state index < -0.39 is 11.6 Å². The molecule has 0 aromatic carbocycles. The third kappa shape index (κ3) is 7.95. The molecule has 1 fully saturated rings. The van der Waals surface area contributed by atoms with Crippen molar-refractivity contribution >= 4 is 11.9 Å². The van der Waals surface area contributed by atoms with Crippen molar-refractivity contribution in [3.63, 3.8) is 0 Å². The Balaban J connectivity index is 2.49. The summed E-state index contributed by atoms with van der Waals surface area (Å²) in [6, 6.07) is -0.695. The number of nitroso groups, excluding NO2 is 1. The molecule has 1 aliphatic rings. The van der Waals surface area contributed by atoms with Gasteiger partial charge in [0.15, 0.2) is 0 Å². The SMILES string of the molecule is CCCCCCC(C)(O)CCN1C(=O)N(C)C(=O)C1CCCCCCN=O. The van der Waals surface area contributed by atoms with Crippen molar-refractivity contribution in [3.05, 3.63) is 4.91 Å². The van der Waals surface area contributed by atoms with Crippen LogP contribution in [0.4, 0.5) is 4.79 Å². The molecule has 0 aromatic heterocycles. The highest BCUT2D eigenvalue weighted by Crippen LogP contribution is 2.25. The van der Waals surface area contributed by atoms with Gasteiger partial charge in [-0.15, -0.1) is 0 Å². The van der Waals surface area contributed by atoms with Gasteiger partial charge in [-0.2, -0.15) is 4.91 Å². The molecule has 156 valence electrons. The first-order chi connectivity index (χ1) is 12.8. The number of carbonyl (C=O) groups excluding carboxylic acids is 2. The second-order valence-electron chi connectivity index (χ2n) is 8.00. The van der Waals surface area contributed by atoms with Crippen LogP contribution < -0.4 is 0 Å². The number of carbonyl (C=O) groups is 2. The van der Waals surface area contributed by atoms with Crippen molar-refractivity contribution in [3.8, 4) is 0 Å². The van der Waals surface area contributed by atoms with Crippen LogP contribution in [0.15, 0.2) is 5.18 Å². The van der Waals surface area contributed by atoms with E-state index in [0.717, 1.165) is 44.9 Å². The molecule has 3 amide bonds. The van der Waals surface area contributed by atoms with Gasteiger partial charge in [0.1, 0.15) is 6.04 Å². The van der Waals surface area contributed by atoms with E-state index in [1.807, 2.05) is 6.92 Å². The summed E-state index contributed by atoms with van der Waals surface area (Å²) in [6.45, 7) is 4.71. The van der Waals surface area contributed by atoms with E-state index in [4.69, 9.17) is 0 Å². The number of amides is 3. The van der Waals surface area contributed by atoms with Gasteiger partial charge in [0.25, 0.3) is 5.91 Å². The molecule has 1 aliphatic heterocycles. The Hall–Kier alpha value is -1.50. The number of likely N-dealkylation sites (N-methyl/N-ethyl adjacent to an activating group) is 1. The lowest BCUT2D eigenvalue weighted by molar-refractivity contribution is -0.127. The number of hydrogen-bond acceptors (Lipinski definition) is 5. The van der Waals surface area contributed by atoms with Crippen LogP contribution in [-0.2, 0) is 4.79 Å². The van der Waals surface area contributed by atoms with Crippen molar-refractivity contribution in [2.75, 3.05) is 20.1 Å². The van der Waals surface area contributed by atoms with Gasteiger partial charge in [-0.25, -0.2) is 4.79 Å². The van der Waals surface area contributed by atoms with E-state index in [9.17, 15) is 19.6 Å². The maximum Gasteiger partial charge on any atom is 0.327 e. The van der Waals surface area contributed by atoms with Gasteiger partial charge in [0.2, 0.25) is 0 Å². The van der Waals surface area contributed by atoms with Gasteiger partial charge in [-0.1, -0.05) is 57.0 Å². The highest BCUT2D eigenvalue weighted by Gasteiger charge is 2.42. The molecule has 7 nitrogen and oxygen atoms in total. The summed E-state index contributed by atoms with van der Waals surface area (Å²) in [7, 11) is 1.52. The third-order valence-electron chi connectivity index (χ3n) is 5.46. The number of aliphatic hydroxyl groups is 1. The van der Waals surface area contributed by atoms with Gasteiger partial charge in [0.05, 0.1) is 12.1 Å². The molecule has 0 radical (unpaired) electrons. The average Bonchev–Trinajstić information content (AvgIpc) is 2.84. The number of unbranched alkanes of at least 4 members (excludes halogenated alkanes) is 6. The van der Waals surface area contributed by atoms with Crippen molar-refractivity contribution in [2.24, 2.45) is 5.18 Å². The monoisotopic (exact) mass is 383 g/mol. The highest BCUT2D eigenvalue weighted by molar-refractivity contribution is 6.03. The fourth-order valence-corrected chi connectivity index (χ4v) is 3.59. The fourth-order valence-electron chi connectivity index (χ4n) is 3.59. The van der Waals surface area contributed by atoms with Crippen LogP contribution in [0.25, 0.3) is 0 Å². The first-order valence-corrected chi connectivity index (χ1v) is 10.4. The van der Waals surface area contributed by atoms with Crippen LogP contribution in [0, 0.1) is 4.91 Å². The number of nitrogens with zero attached hydrogens (tertiary/aromatic N) is 3. The second-order valence-corrected chi connectivity index (χ2v) is 8.00. The molecule has 0 aliphatic carbocycles. The molecule has 0 bridgehead atoms. The zero-order valence-electron chi connectivity index (χ0n) is 17.3. The minimum absolute atomic E-state index is 0.155. The molecule has 0 saturated carbocycles. The summed E-state index contributed by atoms with van der Waals surface area (Å²) in [5.41, 5.74) is -0.815. The van der Waals surface area contributed by atoms with Crippen molar-refractivity contribution in [1.29, 1.82) is 0 Å². The third-order valence-corrected chi connectivity index (χ3v) is 5.46. The van der Waals surface area contributed by atoms with E-state index in [1.165, 1.54) is 18.4 Å². The quantitative estimate of drug-likeness (QED) is 0.262. The highest BCUT2D eigenvalue weighted by atomic mass is 16.3. The Labute approximate surface area is 163 Å². The van der Waals surface area contributed by atoms with Crippen molar-refractivity contribution < 1.29 is 14.7 Å². The van der Waals surface area contributed by atoms with Gasteiger partial charge in [0, 0.05) is 13.6 Å². The Bertz CT molecular complexity index is 482. The van der Waals surface area contributed by atoms with E-state index >= 15 is 0 Å². The maximum atomic E-state index is 12.4. The van der Waals surface area contributed by atoms with Crippen molar-refractivity contribution in [2.45, 2.75) is 96.1 Å². The standard InChI is InChI=1S/C20H37N3O4/c1-4-5-6-10-13-20(2,26)14-16-23-17(18(24)22(3)19(23)25)12-9-7-8-11-15-21-27/h17,26H,4-16H2,1-3H3. The lowest BCUT2D eigenvalue weighted by Gasteiger charge is -2.28. The van der Waals surface area contributed by atoms with Gasteiger partial charge in [-0.05, 0) is 32.6 Å². The van der Waals surface area contributed by atoms with Crippen LogP contribution in [0.5, 0.6) is 0 Å². The molecule has 7 heteroatoms. The summed E-state index contributed by atoms with van der Waals surface area (Å²) in [5, 5.41) is 13.5. The predicted molar refractivity (Wildman–Crippen MR) is 106 cm³/mol. The van der Waals surface area contributed by atoms with E-state index in [2.05, 4.69) is 12.1 Å². The zero-order valence-corrected chi connectivity index (χ0v) is 17.3. The molecule has 27 heavy (non-hydrogen) atoms. The summed E-state index contributed by atoms with van der Waals surface area (Å²) in [5.74, 6) is -0.155. The molecule has 1 saturated heterocycles. The first kappa shape index (κ1) is 23.5. The molecule has 1 rings (SSSR count). The van der Waals surface area contributed by atoms with Crippen LogP contribution in [0.3, 0.4) is 0 Å². The van der Waals surface area contributed by atoms with E-state index in [0.29, 0.717) is 32.4 Å². The van der Waals surface area contributed by atoms with Gasteiger partial charge in [-0.3, -0.25) is 9.69 Å². The Morgan fingerprint density at radius 3 is 2.37 bits per heavy atom. The van der Waals surface area contributed by atoms with Crippen molar-refractivity contribution in [1.82, 2.24) is 9.80 Å². The Kier molecular flexibility index (Phi) is 10.5. The predicted octanol–water partition coefficient (Wildman–Crippen LogP) is 4.08. The smallest absolute Gasteiger partial charge is 0.327 e. The fraction of sp³-hybridized carbons (Fsp3) is 0.900. The normalized spacial score (nSPS) is 19.6. The second kappa shape index (κ2) is 12.1. The lowest BCUT2D eigenvalue weighted by atomic mass is 9.94. The van der Waals surface area contributed by atoms with E-state index in [1.54, 1.807) is 4.90 Å². The molecule has 1 N–H and O–H groups in total. The molecule has 2 atom stereocenters. The molecule has 1 heterocycles. The van der Waals surface area contributed by atoms with Crippen LogP contribution in [0.2, 0.25) is 0 Å². The minimum Gasteiger partial charge on any atom is -0.390 e. The van der Waals surface area contributed by atoms with Crippen LogP contribution >= 0.6 is 0 Å². The zero-order chi connectivity index (χ0) is 20.3. The number of rotatable bonds is 15. The molecular formula is C20H37N3O4. The largest absolute Gasteiger partial charge is 0.390 e. The summed E-state index contributed by atoms with van der Waals surface area (Å²) in [4.78, 5) is 37.7. The van der Waals surface area contributed by atoms with Gasteiger partial charge < -0.3 is 10.0 Å². The molecule has 2 unspecified atom stereocenters. The van der Waals surface area contributed by atoms with Gasteiger partial charge >= 0.3 is 6.03 Å². The summed E-state index contributed by atoms with van der Waals surface area (Å²) >= 11 is 0. The minimum atomic E-state index is -0.815. The topological polar surface area (TPSA) is 90.3 Å². The summed E-state index contributed by atoms with van der Waals surface area (Å²) < 4.78 is 0. The van der Waals surface area contributed by atoms with Crippen LogP contribution in [0.1, 0.15) is 84.5 Å². The Morgan fingerprint density at radius 1 is 1.04 bits per heavy atom. The molecule has 0 spiro atoms. The number of hydrogen-bond donors (Lipinski definition) is 1. The maximum absolute atomic E-state index is 12.4. The van der Waals surface area contributed by atoms with E-state index in [-0.39, 0.29) is 11.9 Å². The first-order valence-electron chi connectivity index (χ1n) is 10.4. The average molecular weight is 384 g/mol.